The quantitative estimate of drug-likeness (QED) is 0.569. The topological polar surface area (TPSA) is 116 Å². The van der Waals surface area contributed by atoms with E-state index >= 15 is 0 Å². The molecular formula is C21H20FN3O5. The fourth-order valence-corrected chi connectivity index (χ4v) is 3.70. The number of nitrogens with zero attached hydrogens (tertiary/aromatic N) is 1. The molecule has 1 unspecified atom stereocenters. The molecular weight excluding hydrogens is 393 g/mol. The maximum Gasteiger partial charge on any atom is 0.417 e. The fourth-order valence-electron chi connectivity index (χ4n) is 3.70. The molecule has 2 amide bonds. The van der Waals surface area contributed by atoms with Gasteiger partial charge in [0.2, 0.25) is 0 Å². The number of fused-ring (bicyclic) bond motifs is 1. The highest BCUT2D eigenvalue weighted by atomic mass is 19.1. The number of aromatic nitrogens is 1. The zero-order valence-corrected chi connectivity index (χ0v) is 15.9. The van der Waals surface area contributed by atoms with E-state index in [0.717, 1.165) is 0 Å². The number of anilines is 1. The minimum atomic E-state index is -0.787. The van der Waals surface area contributed by atoms with E-state index < -0.39 is 23.7 Å². The second-order valence-electron chi connectivity index (χ2n) is 7.31. The molecule has 1 atom stereocenters. The number of piperidine rings is 1. The highest BCUT2D eigenvalue weighted by molar-refractivity contribution is 6.39. The number of hydrogen-bond acceptors (Lipinski definition) is 5. The maximum absolute atomic E-state index is 13.1. The smallest absolute Gasteiger partial charge is 0.408 e. The highest BCUT2D eigenvalue weighted by Gasteiger charge is 2.30. The summed E-state index contributed by atoms with van der Waals surface area (Å²) in [7, 11) is 0. The van der Waals surface area contributed by atoms with Crippen LogP contribution in [0.1, 0.15) is 24.5 Å². The summed E-state index contributed by atoms with van der Waals surface area (Å²) < 4.78 is 18.0. The average molecular weight is 413 g/mol. The molecule has 1 aliphatic rings. The van der Waals surface area contributed by atoms with Gasteiger partial charge in [-0.2, -0.15) is 0 Å². The lowest BCUT2D eigenvalue weighted by Gasteiger charge is -2.34. The largest absolute Gasteiger partial charge is 0.417 e. The lowest BCUT2D eigenvalue weighted by molar-refractivity contribution is -0.144. The summed E-state index contributed by atoms with van der Waals surface area (Å²) in [6.07, 6.45) is 0.301. The number of aromatic amines is 1. The first kappa shape index (κ1) is 19.8. The number of H-pyrrole nitrogens is 1. The van der Waals surface area contributed by atoms with Gasteiger partial charge in [-0.15, -0.1) is 0 Å². The van der Waals surface area contributed by atoms with Gasteiger partial charge in [-0.1, -0.05) is 12.1 Å². The van der Waals surface area contributed by atoms with Gasteiger partial charge in [-0.05, 0) is 48.6 Å². The van der Waals surface area contributed by atoms with Crippen LogP contribution in [0.2, 0.25) is 0 Å². The number of carbonyl (C=O) groups excluding carboxylic acids is 2. The summed E-state index contributed by atoms with van der Waals surface area (Å²) in [5.41, 5.74) is 1.74. The number of oxazole rings is 1. The average Bonchev–Trinajstić information content (AvgIpc) is 3.12. The van der Waals surface area contributed by atoms with Crippen molar-refractivity contribution in [2.24, 2.45) is 5.92 Å². The van der Waals surface area contributed by atoms with Gasteiger partial charge in [0.15, 0.2) is 5.58 Å². The van der Waals surface area contributed by atoms with Crippen LogP contribution in [0.25, 0.3) is 11.1 Å². The van der Waals surface area contributed by atoms with Crippen molar-refractivity contribution in [2.75, 3.05) is 18.4 Å². The monoisotopic (exact) mass is 413 g/mol. The second-order valence-corrected chi connectivity index (χ2v) is 7.31. The zero-order chi connectivity index (χ0) is 21.3. The van der Waals surface area contributed by atoms with Crippen LogP contribution in [0.3, 0.4) is 0 Å². The van der Waals surface area contributed by atoms with E-state index in [1.807, 2.05) is 0 Å². The molecule has 2 heterocycles. The Kier molecular flexibility index (Phi) is 5.37. The summed E-state index contributed by atoms with van der Waals surface area (Å²) >= 11 is 0. The molecule has 0 aliphatic carbocycles. The van der Waals surface area contributed by atoms with E-state index in [-0.39, 0.29) is 17.3 Å². The van der Waals surface area contributed by atoms with E-state index in [2.05, 4.69) is 10.3 Å². The van der Waals surface area contributed by atoms with Gasteiger partial charge in [0.25, 0.3) is 0 Å². The lowest BCUT2D eigenvalue weighted by atomic mass is 9.87. The van der Waals surface area contributed by atoms with Gasteiger partial charge in [0.1, 0.15) is 5.82 Å². The Balaban J connectivity index is 1.34. The molecule has 3 N–H and O–H groups in total. The van der Waals surface area contributed by atoms with Crippen LogP contribution in [-0.2, 0) is 9.59 Å². The van der Waals surface area contributed by atoms with E-state index in [1.54, 1.807) is 24.3 Å². The molecule has 0 saturated carbocycles. The molecule has 3 aromatic rings. The van der Waals surface area contributed by atoms with Gasteiger partial charge in [-0.3, -0.25) is 14.6 Å². The summed E-state index contributed by atoms with van der Waals surface area (Å²) in [4.78, 5) is 40.0. The van der Waals surface area contributed by atoms with E-state index in [4.69, 9.17) is 4.42 Å². The molecule has 4 rings (SSSR count). The molecule has 8 nitrogen and oxygen atoms in total. The third kappa shape index (κ3) is 4.11. The first-order valence-electron chi connectivity index (χ1n) is 9.57. The predicted molar refractivity (Wildman–Crippen MR) is 106 cm³/mol. The number of carbonyl (C=O) groups is 2. The minimum absolute atomic E-state index is 0.0820. The van der Waals surface area contributed by atoms with Crippen LogP contribution >= 0.6 is 0 Å². The standard InChI is InChI=1S/C21H20FN3O5/c22-14-3-1-12(2-4-14)18(26)13-7-9-25(10-8-13)20(28)19(27)23-15-5-6-16-17(11-15)30-21(29)24-16/h1-6,11,13,18,26H,7-10H2,(H,23,27)(H,24,29). The molecule has 1 fully saturated rings. The van der Waals surface area contributed by atoms with Crippen molar-refractivity contribution in [3.05, 3.63) is 64.4 Å². The Bertz CT molecular complexity index is 1130. The summed E-state index contributed by atoms with van der Waals surface area (Å²) in [5.74, 6) is -2.50. The van der Waals surface area contributed by atoms with Crippen molar-refractivity contribution in [3.8, 4) is 0 Å². The number of likely N-dealkylation sites (tertiary alicyclic amines) is 1. The molecule has 156 valence electrons. The van der Waals surface area contributed by atoms with Crippen LogP contribution in [0.4, 0.5) is 10.1 Å². The van der Waals surface area contributed by atoms with Crippen molar-refractivity contribution in [1.29, 1.82) is 0 Å². The van der Waals surface area contributed by atoms with Gasteiger partial charge in [0, 0.05) is 24.8 Å². The van der Waals surface area contributed by atoms with Crippen molar-refractivity contribution in [1.82, 2.24) is 9.88 Å². The normalized spacial score (nSPS) is 15.9. The Morgan fingerprint density at radius 3 is 2.57 bits per heavy atom. The number of benzene rings is 2. The first-order valence-corrected chi connectivity index (χ1v) is 9.57. The van der Waals surface area contributed by atoms with Crippen molar-refractivity contribution < 1.29 is 23.5 Å². The van der Waals surface area contributed by atoms with Gasteiger partial charge in [0.05, 0.1) is 11.6 Å². The zero-order valence-electron chi connectivity index (χ0n) is 15.9. The van der Waals surface area contributed by atoms with Crippen LogP contribution in [0.5, 0.6) is 0 Å². The molecule has 30 heavy (non-hydrogen) atoms. The van der Waals surface area contributed by atoms with Crippen LogP contribution in [0, 0.1) is 11.7 Å². The SMILES string of the molecule is O=C(Nc1ccc2[nH]c(=O)oc2c1)C(=O)N1CCC(C(O)c2ccc(F)cc2)CC1. The number of hydrogen-bond donors (Lipinski definition) is 3. The third-order valence-corrected chi connectivity index (χ3v) is 5.36. The number of nitrogens with one attached hydrogen (secondary N) is 2. The molecule has 9 heteroatoms. The van der Waals surface area contributed by atoms with E-state index in [0.29, 0.717) is 42.7 Å². The Labute approximate surface area is 170 Å². The summed E-state index contributed by atoms with van der Waals surface area (Å²) in [6.45, 7) is 0.668. The van der Waals surface area contributed by atoms with Gasteiger partial charge in [-0.25, -0.2) is 9.18 Å². The first-order chi connectivity index (χ1) is 14.4. The number of aliphatic hydroxyl groups excluding tert-OH is 1. The van der Waals surface area contributed by atoms with E-state index in [1.165, 1.54) is 23.1 Å². The highest BCUT2D eigenvalue weighted by Crippen LogP contribution is 2.31. The van der Waals surface area contributed by atoms with Crippen LogP contribution in [-0.4, -0.2) is 39.9 Å². The summed E-state index contributed by atoms with van der Waals surface area (Å²) in [5, 5.41) is 13.0. The lowest BCUT2D eigenvalue weighted by Crippen LogP contribution is -2.44. The second kappa shape index (κ2) is 8.11. The van der Waals surface area contributed by atoms with Gasteiger partial charge < -0.3 is 19.7 Å². The number of rotatable bonds is 3. The summed E-state index contributed by atoms with van der Waals surface area (Å²) in [6, 6.07) is 10.3. The predicted octanol–water partition coefficient (Wildman–Crippen LogP) is 2.17. The van der Waals surface area contributed by atoms with Crippen molar-refractivity contribution in [3.63, 3.8) is 0 Å². The van der Waals surface area contributed by atoms with Crippen LogP contribution < -0.4 is 11.1 Å². The van der Waals surface area contributed by atoms with Crippen LogP contribution in [0.15, 0.2) is 51.7 Å². The van der Waals surface area contributed by atoms with Crippen molar-refractivity contribution >= 4 is 28.6 Å². The Hall–Kier alpha value is -3.46. The molecule has 0 radical (unpaired) electrons. The Morgan fingerprint density at radius 2 is 1.87 bits per heavy atom. The fraction of sp³-hybridized carbons (Fsp3) is 0.286. The van der Waals surface area contributed by atoms with E-state index in [9.17, 15) is 23.9 Å². The number of amides is 2. The molecule has 2 aromatic carbocycles. The number of aliphatic hydroxyl groups is 1. The molecule has 0 bridgehead atoms. The molecule has 1 aliphatic heterocycles. The molecule has 1 aromatic heterocycles. The molecule has 0 spiro atoms. The van der Waals surface area contributed by atoms with Crippen molar-refractivity contribution in [2.45, 2.75) is 18.9 Å². The number of halogens is 1. The van der Waals surface area contributed by atoms with Gasteiger partial charge >= 0.3 is 17.6 Å². The molecule has 1 saturated heterocycles. The Morgan fingerprint density at radius 1 is 1.17 bits per heavy atom. The third-order valence-electron chi connectivity index (χ3n) is 5.36. The maximum atomic E-state index is 13.1. The minimum Gasteiger partial charge on any atom is -0.408 e.